The second-order valence-electron chi connectivity index (χ2n) is 2.51. The smallest absolute Gasteiger partial charge is 0.248 e. The predicted molar refractivity (Wildman–Crippen MR) is 39.7 cm³/mol. The molecule has 0 saturated heterocycles. The van der Waals surface area contributed by atoms with E-state index in [1.54, 1.807) is 7.05 Å². The highest BCUT2D eigenvalue weighted by molar-refractivity contribution is 6.04. The molecule has 0 spiro atoms. The van der Waals surface area contributed by atoms with E-state index in [0.717, 1.165) is 18.6 Å². The largest absolute Gasteiger partial charge is 0.273 e. The van der Waals surface area contributed by atoms with Gasteiger partial charge in [-0.25, -0.2) is 5.01 Å². The molecule has 1 rings (SSSR count). The highest BCUT2D eigenvalue weighted by Crippen LogP contribution is 2.08. The molecule has 0 saturated carbocycles. The molecule has 3 heteroatoms. The van der Waals surface area contributed by atoms with Crippen molar-refractivity contribution in [1.82, 2.24) is 5.01 Å². The van der Waals surface area contributed by atoms with Crippen molar-refractivity contribution < 1.29 is 4.79 Å². The molecule has 0 aliphatic carbocycles. The van der Waals surface area contributed by atoms with Crippen LogP contribution in [0.15, 0.2) is 5.10 Å². The van der Waals surface area contributed by atoms with Crippen molar-refractivity contribution in [2.75, 3.05) is 7.05 Å². The van der Waals surface area contributed by atoms with Crippen molar-refractivity contribution in [3.8, 4) is 0 Å². The van der Waals surface area contributed by atoms with Crippen molar-refractivity contribution in [1.29, 1.82) is 0 Å². The van der Waals surface area contributed by atoms with E-state index in [9.17, 15) is 4.79 Å². The maximum absolute atomic E-state index is 10.9. The van der Waals surface area contributed by atoms with E-state index >= 15 is 0 Å². The molecule has 0 radical (unpaired) electrons. The Morgan fingerprint density at radius 1 is 1.70 bits per heavy atom. The summed E-state index contributed by atoms with van der Waals surface area (Å²) in [6, 6.07) is 0. The van der Waals surface area contributed by atoms with Gasteiger partial charge in [-0.15, -0.1) is 0 Å². The number of carbonyl (C=O) groups is 1. The quantitative estimate of drug-likeness (QED) is 0.563. The number of hydrogen-bond acceptors (Lipinski definition) is 2. The molecule has 0 aromatic rings. The van der Waals surface area contributed by atoms with Gasteiger partial charge < -0.3 is 0 Å². The molecular formula is C7H12N2O. The Balaban J connectivity index is 2.50. The van der Waals surface area contributed by atoms with Crippen LogP contribution in [0.2, 0.25) is 0 Å². The predicted octanol–water partition coefficient (Wildman–Crippen LogP) is 1.00. The molecule has 0 atom stereocenters. The summed E-state index contributed by atoms with van der Waals surface area (Å²) >= 11 is 0. The Bertz CT molecular complexity index is 174. The topological polar surface area (TPSA) is 32.7 Å². The molecule has 0 aromatic carbocycles. The minimum absolute atomic E-state index is 0.114. The minimum atomic E-state index is 0.114. The molecule has 10 heavy (non-hydrogen) atoms. The summed E-state index contributed by atoms with van der Waals surface area (Å²) in [5.74, 6) is 0.114. The van der Waals surface area contributed by atoms with Crippen LogP contribution in [0, 0.1) is 0 Å². The number of rotatable bonds is 2. The van der Waals surface area contributed by atoms with Gasteiger partial charge >= 0.3 is 0 Å². The first-order valence-corrected chi connectivity index (χ1v) is 3.57. The van der Waals surface area contributed by atoms with Crippen LogP contribution < -0.4 is 0 Å². The number of hydrogen-bond donors (Lipinski definition) is 0. The second-order valence-corrected chi connectivity index (χ2v) is 2.51. The lowest BCUT2D eigenvalue weighted by Crippen LogP contribution is -2.13. The molecule has 56 valence electrons. The van der Waals surface area contributed by atoms with Gasteiger partial charge in [-0.1, -0.05) is 13.3 Å². The molecule has 1 heterocycles. The maximum atomic E-state index is 10.9. The average molecular weight is 140 g/mol. The van der Waals surface area contributed by atoms with Gasteiger partial charge in [-0.3, -0.25) is 4.79 Å². The van der Waals surface area contributed by atoms with Gasteiger partial charge in [-0.05, 0) is 6.42 Å². The molecule has 0 bridgehead atoms. The van der Waals surface area contributed by atoms with Crippen LogP contribution in [-0.2, 0) is 4.79 Å². The van der Waals surface area contributed by atoms with E-state index in [-0.39, 0.29) is 5.91 Å². The summed E-state index contributed by atoms with van der Waals surface area (Å²) < 4.78 is 0. The van der Waals surface area contributed by atoms with E-state index in [2.05, 4.69) is 12.0 Å². The molecular weight excluding hydrogens is 128 g/mol. The first-order chi connectivity index (χ1) is 4.74. The summed E-state index contributed by atoms with van der Waals surface area (Å²) in [4.78, 5) is 10.9. The van der Waals surface area contributed by atoms with Crippen LogP contribution in [0.4, 0.5) is 0 Å². The number of carbonyl (C=O) groups excluding carboxylic acids is 1. The molecule has 0 unspecified atom stereocenters. The Hall–Kier alpha value is -0.860. The van der Waals surface area contributed by atoms with Gasteiger partial charge in [0.05, 0.1) is 6.42 Å². The third kappa shape index (κ3) is 1.35. The lowest BCUT2D eigenvalue weighted by atomic mass is 10.2. The van der Waals surface area contributed by atoms with E-state index in [1.165, 1.54) is 5.01 Å². The summed E-state index contributed by atoms with van der Waals surface area (Å²) in [6.45, 7) is 2.09. The third-order valence-electron chi connectivity index (χ3n) is 1.55. The zero-order valence-corrected chi connectivity index (χ0v) is 6.42. The maximum Gasteiger partial charge on any atom is 0.248 e. The van der Waals surface area contributed by atoms with Crippen molar-refractivity contribution in [3.05, 3.63) is 0 Å². The van der Waals surface area contributed by atoms with Gasteiger partial charge in [0.15, 0.2) is 0 Å². The number of amides is 1. The minimum Gasteiger partial charge on any atom is -0.273 e. The number of nitrogens with zero attached hydrogens (tertiary/aromatic N) is 2. The Labute approximate surface area is 60.7 Å². The number of hydrazone groups is 1. The fraction of sp³-hybridized carbons (Fsp3) is 0.714. The van der Waals surface area contributed by atoms with E-state index in [0.29, 0.717) is 6.42 Å². The first kappa shape index (κ1) is 7.25. The van der Waals surface area contributed by atoms with Gasteiger partial charge in [0, 0.05) is 12.8 Å². The zero-order valence-electron chi connectivity index (χ0n) is 6.42. The first-order valence-electron chi connectivity index (χ1n) is 3.57. The van der Waals surface area contributed by atoms with Crippen LogP contribution in [0.3, 0.4) is 0 Å². The molecule has 0 aromatic heterocycles. The van der Waals surface area contributed by atoms with Crippen molar-refractivity contribution in [3.63, 3.8) is 0 Å². The molecule has 1 aliphatic rings. The van der Waals surface area contributed by atoms with Gasteiger partial charge in [-0.2, -0.15) is 5.10 Å². The van der Waals surface area contributed by atoms with E-state index < -0.39 is 0 Å². The highest BCUT2D eigenvalue weighted by atomic mass is 16.2. The van der Waals surface area contributed by atoms with Gasteiger partial charge in [0.25, 0.3) is 0 Å². The van der Waals surface area contributed by atoms with Crippen LogP contribution >= 0.6 is 0 Å². The van der Waals surface area contributed by atoms with Crippen molar-refractivity contribution in [2.24, 2.45) is 5.10 Å². The van der Waals surface area contributed by atoms with Crippen LogP contribution in [0.25, 0.3) is 0 Å². The van der Waals surface area contributed by atoms with E-state index in [1.807, 2.05) is 0 Å². The van der Waals surface area contributed by atoms with E-state index in [4.69, 9.17) is 0 Å². The lowest BCUT2D eigenvalue weighted by Gasteiger charge is -1.98. The van der Waals surface area contributed by atoms with Crippen LogP contribution in [0.1, 0.15) is 26.2 Å². The molecule has 1 amide bonds. The summed E-state index contributed by atoms with van der Waals surface area (Å²) in [6.07, 6.45) is 2.56. The standard InChI is InChI=1S/C7H12N2O/c1-3-4-6-5-7(10)9(2)8-6/h3-5H2,1-2H3. The van der Waals surface area contributed by atoms with Crippen molar-refractivity contribution >= 4 is 11.6 Å². The molecule has 1 aliphatic heterocycles. The van der Waals surface area contributed by atoms with Gasteiger partial charge in [0.1, 0.15) is 0 Å². The summed E-state index contributed by atoms with van der Waals surface area (Å²) in [7, 11) is 1.70. The SMILES string of the molecule is CCCC1=NN(C)C(=O)C1. The van der Waals surface area contributed by atoms with Gasteiger partial charge in [0.2, 0.25) is 5.91 Å². The second kappa shape index (κ2) is 2.82. The molecule has 0 N–H and O–H groups in total. The Morgan fingerprint density at radius 3 is 2.80 bits per heavy atom. The fourth-order valence-electron chi connectivity index (χ4n) is 1.02. The van der Waals surface area contributed by atoms with Crippen molar-refractivity contribution in [2.45, 2.75) is 26.2 Å². The zero-order chi connectivity index (χ0) is 7.56. The highest BCUT2D eigenvalue weighted by Gasteiger charge is 2.18. The average Bonchev–Trinajstić information content (AvgIpc) is 2.14. The Morgan fingerprint density at radius 2 is 2.40 bits per heavy atom. The van der Waals surface area contributed by atoms with Crippen LogP contribution in [0.5, 0.6) is 0 Å². The fourth-order valence-corrected chi connectivity index (χ4v) is 1.02. The Kier molecular flexibility index (Phi) is 2.04. The normalized spacial score (nSPS) is 18.0. The third-order valence-corrected chi connectivity index (χ3v) is 1.55. The molecule has 3 nitrogen and oxygen atoms in total. The monoisotopic (exact) mass is 140 g/mol. The summed E-state index contributed by atoms with van der Waals surface area (Å²) in [5.41, 5.74) is 1.02. The summed E-state index contributed by atoms with van der Waals surface area (Å²) in [5, 5.41) is 5.48. The van der Waals surface area contributed by atoms with Crippen LogP contribution in [-0.4, -0.2) is 23.7 Å². The lowest BCUT2D eigenvalue weighted by molar-refractivity contribution is -0.127. The molecule has 0 fully saturated rings.